The van der Waals surface area contributed by atoms with Gasteiger partial charge in [0.1, 0.15) is 0 Å². The zero-order valence-corrected chi connectivity index (χ0v) is 8.89. The van der Waals surface area contributed by atoms with Gasteiger partial charge in [-0.15, -0.1) is 0 Å². The smallest absolute Gasteiger partial charge is 0.0518 e. The number of hydrogen-bond donors (Lipinski definition) is 2. The van der Waals surface area contributed by atoms with Crippen LogP contribution in [-0.2, 0) is 0 Å². The van der Waals surface area contributed by atoms with E-state index in [1.54, 1.807) is 0 Å². The van der Waals surface area contributed by atoms with Crippen molar-refractivity contribution in [3.05, 3.63) is 24.3 Å². The Labute approximate surface area is 88.8 Å². The molecular weight excluding hydrogens is 194 g/mol. The highest BCUT2D eigenvalue weighted by atomic mass is 32.2. The fraction of sp³-hybridized carbons (Fsp3) is 0.400. The molecule has 0 saturated carbocycles. The molecule has 0 aliphatic carbocycles. The normalized spacial score (nSPS) is 17.1. The molecule has 1 aliphatic rings. The van der Waals surface area contributed by atoms with Gasteiger partial charge in [0.05, 0.1) is 5.69 Å². The van der Waals surface area contributed by atoms with Crippen LogP contribution in [-0.4, -0.2) is 26.2 Å². The molecule has 0 bridgehead atoms. The SMILES string of the molecule is NSc1ccccc1N1CCNCC1. The summed E-state index contributed by atoms with van der Waals surface area (Å²) in [6.45, 7) is 4.25. The van der Waals surface area contributed by atoms with Crippen molar-refractivity contribution in [2.75, 3.05) is 31.1 Å². The second kappa shape index (κ2) is 4.68. The Kier molecular flexibility index (Phi) is 3.29. The number of anilines is 1. The highest BCUT2D eigenvalue weighted by molar-refractivity contribution is 7.97. The lowest BCUT2D eigenvalue weighted by Gasteiger charge is -2.30. The molecule has 0 amide bonds. The lowest BCUT2D eigenvalue weighted by Crippen LogP contribution is -2.43. The van der Waals surface area contributed by atoms with E-state index in [4.69, 9.17) is 5.14 Å². The van der Waals surface area contributed by atoms with Gasteiger partial charge in [-0.3, -0.25) is 5.14 Å². The molecule has 0 unspecified atom stereocenters. The van der Waals surface area contributed by atoms with E-state index in [9.17, 15) is 0 Å². The number of nitrogens with zero attached hydrogens (tertiary/aromatic N) is 1. The zero-order valence-electron chi connectivity index (χ0n) is 8.07. The van der Waals surface area contributed by atoms with Crippen LogP contribution >= 0.6 is 11.9 Å². The van der Waals surface area contributed by atoms with Gasteiger partial charge in [0.25, 0.3) is 0 Å². The van der Waals surface area contributed by atoms with Gasteiger partial charge < -0.3 is 10.2 Å². The van der Waals surface area contributed by atoms with Crippen molar-refractivity contribution in [1.29, 1.82) is 0 Å². The first-order valence-electron chi connectivity index (χ1n) is 4.83. The molecule has 1 aromatic carbocycles. The van der Waals surface area contributed by atoms with E-state index in [-0.39, 0.29) is 0 Å². The summed E-state index contributed by atoms with van der Waals surface area (Å²) >= 11 is 1.33. The number of nitrogens with one attached hydrogen (secondary N) is 1. The molecule has 2 rings (SSSR count). The molecular formula is C10H15N3S. The van der Waals surface area contributed by atoms with Crippen LogP contribution in [0, 0.1) is 0 Å². The molecule has 1 heterocycles. The third-order valence-corrected chi connectivity index (χ3v) is 3.05. The average Bonchev–Trinajstić information content (AvgIpc) is 2.30. The van der Waals surface area contributed by atoms with Crippen molar-refractivity contribution in [1.82, 2.24) is 5.32 Å². The van der Waals surface area contributed by atoms with Crippen molar-refractivity contribution in [3.8, 4) is 0 Å². The minimum atomic E-state index is 1.06. The molecule has 3 N–H and O–H groups in total. The number of benzene rings is 1. The summed E-state index contributed by atoms with van der Waals surface area (Å²) < 4.78 is 0. The summed E-state index contributed by atoms with van der Waals surface area (Å²) in [5.41, 5.74) is 1.27. The maximum Gasteiger partial charge on any atom is 0.0518 e. The predicted octanol–water partition coefficient (Wildman–Crippen LogP) is 1.06. The monoisotopic (exact) mass is 209 g/mol. The third kappa shape index (κ3) is 2.03. The van der Waals surface area contributed by atoms with Crippen molar-refractivity contribution in [2.45, 2.75) is 4.90 Å². The van der Waals surface area contributed by atoms with E-state index in [2.05, 4.69) is 28.4 Å². The molecule has 3 nitrogen and oxygen atoms in total. The molecule has 0 atom stereocenters. The topological polar surface area (TPSA) is 41.3 Å². The van der Waals surface area contributed by atoms with E-state index in [1.165, 1.54) is 17.6 Å². The molecule has 1 aliphatic heterocycles. The van der Waals surface area contributed by atoms with E-state index < -0.39 is 0 Å². The predicted molar refractivity (Wildman–Crippen MR) is 61.6 cm³/mol. The maximum atomic E-state index is 5.63. The van der Waals surface area contributed by atoms with Crippen LogP contribution in [0.5, 0.6) is 0 Å². The maximum absolute atomic E-state index is 5.63. The summed E-state index contributed by atoms with van der Waals surface area (Å²) in [6.07, 6.45) is 0. The van der Waals surface area contributed by atoms with Crippen molar-refractivity contribution < 1.29 is 0 Å². The van der Waals surface area contributed by atoms with Crippen molar-refractivity contribution in [2.24, 2.45) is 5.14 Å². The Hall–Kier alpha value is -0.710. The minimum Gasteiger partial charge on any atom is -0.368 e. The molecule has 1 saturated heterocycles. The minimum absolute atomic E-state index is 1.06. The molecule has 14 heavy (non-hydrogen) atoms. The largest absolute Gasteiger partial charge is 0.368 e. The molecule has 1 fully saturated rings. The summed E-state index contributed by atoms with van der Waals surface area (Å²) in [5.74, 6) is 0. The van der Waals surface area contributed by atoms with E-state index >= 15 is 0 Å². The second-order valence-corrected chi connectivity index (χ2v) is 4.00. The lowest BCUT2D eigenvalue weighted by atomic mass is 10.2. The van der Waals surface area contributed by atoms with Crippen LogP contribution in [0.4, 0.5) is 5.69 Å². The highest BCUT2D eigenvalue weighted by Crippen LogP contribution is 2.26. The zero-order chi connectivity index (χ0) is 9.80. The van der Waals surface area contributed by atoms with Crippen molar-refractivity contribution in [3.63, 3.8) is 0 Å². The Balaban J connectivity index is 2.20. The van der Waals surface area contributed by atoms with Crippen LogP contribution in [0.1, 0.15) is 0 Å². The van der Waals surface area contributed by atoms with Crippen LogP contribution in [0.3, 0.4) is 0 Å². The fourth-order valence-electron chi connectivity index (χ4n) is 1.72. The number of piperazine rings is 1. The van der Waals surface area contributed by atoms with E-state index in [1.807, 2.05) is 6.07 Å². The van der Waals surface area contributed by atoms with Gasteiger partial charge in [0.2, 0.25) is 0 Å². The van der Waals surface area contributed by atoms with Gasteiger partial charge in [-0.25, -0.2) is 0 Å². The van der Waals surface area contributed by atoms with Crippen molar-refractivity contribution >= 4 is 17.6 Å². The van der Waals surface area contributed by atoms with Gasteiger partial charge >= 0.3 is 0 Å². The average molecular weight is 209 g/mol. The van der Waals surface area contributed by atoms with Gasteiger partial charge in [-0.1, -0.05) is 12.1 Å². The van der Waals surface area contributed by atoms with Gasteiger partial charge in [-0.05, 0) is 24.1 Å². The van der Waals surface area contributed by atoms with Crippen LogP contribution < -0.4 is 15.4 Å². The first-order valence-corrected chi connectivity index (χ1v) is 5.71. The van der Waals surface area contributed by atoms with E-state index in [0.717, 1.165) is 31.1 Å². The quantitative estimate of drug-likeness (QED) is 0.715. The Morgan fingerprint density at radius 1 is 1.21 bits per heavy atom. The molecule has 76 valence electrons. The fourth-order valence-corrected chi connectivity index (χ4v) is 2.20. The van der Waals surface area contributed by atoms with Gasteiger partial charge in [0.15, 0.2) is 0 Å². The van der Waals surface area contributed by atoms with Crippen LogP contribution in [0.15, 0.2) is 29.2 Å². The number of nitrogens with two attached hydrogens (primary N) is 1. The number of hydrogen-bond acceptors (Lipinski definition) is 4. The molecule has 4 heteroatoms. The number of para-hydroxylation sites is 1. The summed E-state index contributed by atoms with van der Waals surface area (Å²) in [5, 5.41) is 8.97. The van der Waals surface area contributed by atoms with E-state index in [0.29, 0.717) is 0 Å². The highest BCUT2D eigenvalue weighted by Gasteiger charge is 2.12. The number of rotatable bonds is 2. The second-order valence-electron chi connectivity index (χ2n) is 3.32. The summed E-state index contributed by atoms with van der Waals surface area (Å²) in [4.78, 5) is 3.54. The third-order valence-electron chi connectivity index (χ3n) is 2.45. The van der Waals surface area contributed by atoms with Crippen LogP contribution in [0.25, 0.3) is 0 Å². The standard InChI is InChI=1S/C10H15N3S/c11-14-10-4-2-1-3-9(10)13-7-5-12-6-8-13/h1-4,12H,5-8,11H2. The first-order chi connectivity index (χ1) is 6.92. The first kappa shape index (κ1) is 9.83. The molecule has 0 aromatic heterocycles. The molecule has 0 spiro atoms. The lowest BCUT2D eigenvalue weighted by molar-refractivity contribution is 0.587. The Bertz CT molecular complexity index is 297. The Morgan fingerprint density at radius 2 is 1.93 bits per heavy atom. The Morgan fingerprint density at radius 3 is 2.64 bits per heavy atom. The molecule has 1 aromatic rings. The van der Waals surface area contributed by atoms with Crippen LogP contribution in [0.2, 0.25) is 0 Å². The van der Waals surface area contributed by atoms with Gasteiger partial charge in [-0.2, -0.15) is 0 Å². The summed E-state index contributed by atoms with van der Waals surface area (Å²) in [7, 11) is 0. The summed E-state index contributed by atoms with van der Waals surface area (Å²) in [6, 6.07) is 8.31. The van der Waals surface area contributed by atoms with Gasteiger partial charge in [0, 0.05) is 31.1 Å². The molecule has 0 radical (unpaired) electrons.